The number of nitrogens with one attached hydrogen (secondary N) is 1. The van der Waals surface area contributed by atoms with Crippen molar-refractivity contribution in [1.29, 1.82) is 0 Å². The van der Waals surface area contributed by atoms with Crippen molar-refractivity contribution in [2.24, 2.45) is 5.10 Å². The monoisotopic (exact) mass is 456 g/mol. The van der Waals surface area contributed by atoms with Gasteiger partial charge >= 0.3 is 6.03 Å². The maximum atomic E-state index is 14.5. The number of hydrogen-bond acceptors (Lipinski definition) is 5. The highest BCUT2D eigenvalue weighted by Crippen LogP contribution is 2.34. The number of nitrogens with zero attached hydrogens (tertiary/aromatic N) is 3. The van der Waals surface area contributed by atoms with Gasteiger partial charge in [-0.05, 0) is 30.7 Å². The third-order valence-corrected chi connectivity index (χ3v) is 5.36. The fourth-order valence-electron chi connectivity index (χ4n) is 3.64. The highest BCUT2D eigenvalue weighted by Gasteiger charge is 2.35. The Morgan fingerprint density at radius 2 is 1.91 bits per heavy atom. The largest absolute Gasteiger partial charge is 0.497 e. The number of hydrogen-bond donors (Lipinski definition) is 1. The lowest BCUT2D eigenvalue weighted by atomic mass is 9.98. The number of methoxy groups -OCH3 is 2. The standard InChI is InChI=1S/C24H29FN4O4/c1-4-26-24(31)28(13-14-32-2)16-23(30)29-22(17-9-11-18(33-3)12-10-17)15-21(27-29)19-7-5-6-8-20(19)25/h5-12,22H,4,13-16H2,1-3H3,(H,26,31)/t22-/m1/s1. The number of ether oxygens (including phenoxy) is 2. The van der Waals surface area contributed by atoms with E-state index in [1.54, 1.807) is 44.4 Å². The number of urea groups is 1. The molecule has 3 rings (SSSR count). The molecule has 1 N–H and O–H groups in total. The fourth-order valence-corrected chi connectivity index (χ4v) is 3.64. The van der Waals surface area contributed by atoms with Gasteiger partial charge in [-0.2, -0.15) is 5.10 Å². The molecule has 176 valence electrons. The van der Waals surface area contributed by atoms with Gasteiger partial charge in [0.25, 0.3) is 5.91 Å². The maximum absolute atomic E-state index is 14.5. The molecular weight excluding hydrogens is 427 g/mol. The van der Waals surface area contributed by atoms with E-state index >= 15 is 0 Å². The fraction of sp³-hybridized carbons (Fsp3) is 0.375. The molecule has 3 amide bonds. The van der Waals surface area contributed by atoms with Gasteiger partial charge in [-0.15, -0.1) is 0 Å². The number of halogens is 1. The number of amides is 3. The Hall–Kier alpha value is -3.46. The van der Waals surface area contributed by atoms with Crippen molar-refractivity contribution in [2.75, 3.05) is 40.5 Å². The third-order valence-electron chi connectivity index (χ3n) is 5.36. The maximum Gasteiger partial charge on any atom is 0.317 e. The normalized spacial score (nSPS) is 15.2. The predicted octanol–water partition coefficient (Wildman–Crippen LogP) is 3.19. The minimum atomic E-state index is -0.434. The van der Waals surface area contributed by atoms with Gasteiger partial charge < -0.3 is 19.7 Å². The van der Waals surface area contributed by atoms with Crippen LogP contribution in [-0.4, -0.2) is 68.0 Å². The van der Waals surface area contributed by atoms with Crippen LogP contribution < -0.4 is 10.1 Å². The Morgan fingerprint density at radius 1 is 1.18 bits per heavy atom. The first-order valence-electron chi connectivity index (χ1n) is 10.8. The van der Waals surface area contributed by atoms with Gasteiger partial charge in [0.15, 0.2) is 0 Å². The molecule has 0 fully saturated rings. The molecule has 0 bridgehead atoms. The molecule has 1 heterocycles. The SMILES string of the molecule is CCNC(=O)N(CCOC)CC(=O)N1N=C(c2ccccc2F)C[C@@H]1c1ccc(OC)cc1. The molecule has 33 heavy (non-hydrogen) atoms. The van der Waals surface area contributed by atoms with Crippen LogP contribution >= 0.6 is 0 Å². The highest BCUT2D eigenvalue weighted by molar-refractivity contribution is 6.03. The molecule has 8 nitrogen and oxygen atoms in total. The summed E-state index contributed by atoms with van der Waals surface area (Å²) in [5.41, 5.74) is 1.66. The van der Waals surface area contributed by atoms with Crippen LogP contribution in [-0.2, 0) is 9.53 Å². The van der Waals surface area contributed by atoms with Gasteiger partial charge in [-0.1, -0.05) is 30.3 Å². The van der Waals surface area contributed by atoms with E-state index in [0.717, 1.165) is 5.56 Å². The third kappa shape index (κ3) is 5.87. The van der Waals surface area contributed by atoms with Crippen LogP contribution in [0.1, 0.15) is 30.5 Å². The number of hydrazone groups is 1. The Morgan fingerprint density at radius 3 is 2.55 bits per heavy atom. The summed E-state index contributed by atoms with van der Waals surface area (Å²) in [6.45, 7) is 2.59. The summed E-state index contributed by atoms with van der Waals surface area (Å²) >= 11 is 0. The second-order valence-corrected chi connectivity index (χ2v) is 7.51. The average molecular weight is 457 g/mol. The van der Waals surface area contributed by atoms with E-state index in [1.807, 2.05) is 12.1 Å². The van der Waals surface area contributed by atoms with Crippen LogP contribution in [0.25, 0.3) is 0 Å². The van der Waals surface area contributed by atoms with Crippen LogP contribution in [0.15, 0.2) is 53.6 Å². The lowest BCUT2D eigenvalue weighted by molar-refractivity contribution is -0.133. The van der Waals surface area contributed by atoms with Crippen LogP contribution in [0.4, 0.5) is 9.18 Å². The molecule has 1 atom stereocenters. The molecule has 9 heteroatoms. The molecule has 0 saturated heterocycles. The van der Waals surface area contributed by atoms with E-state index < -0.39 is 11.9 Å². The molecular formula is C24H29FN4O4. The topological polar surface area (TPSA) is 83.5 Å². The second kappa shape index (κ2) is 11.4. The summed E-state index contributed by atoms with van der Waals surface area (Å²) in [4.78, 5) is 27.2. The number of rotatable bonds is 9. The van der Waals surface area contributed by atoms with E-state index in [-0.39, 0.29) is 31.6 Å². The molecule has 0 unspecified atom stereocenters. The van der Waals surface area contributed by atoms with Crippen molar-refractivity contribution in [1.82, 2.24) is 15.2 Å². The van der Waals surface area contributed by atoms with Crippen molar-refractivity contribution in [2.45, 2.75) is 19.4 Å². The average Bonchev–Trinajstić information content (AvgIpc) is 3.27. The van der Waals surface area contributed by atoms with Crippen LogP contribution in [0, 0.1) is 5.82 Å². The minimum Gasteiger partial charge on any atom is -0.497 e. The van der Waals surface area contributed by atoms with Crippen molar-refractivity contribution < 1.29 is 23.5 Å². The minimum absolute atomic E-state index is 0.185. The van der Waals surface area contributed by atoms with E-state index in [1.165, 1.54) is 23.1 Å². The van der Waals surface area contributed by atoms with E-state index in [9.17, 15) is 14.0 Å². The first-order valence-corrected chi connectivity index (χ1v) is 10.8. The summed E-state index contributed by atoms with van der Waals surface area (Å²) in [5, 5.41) is 8.56. The number of benzene rings is 2. The van der Waals surface area contributed by atoms with Gasteiger partial charge in [-0.25, -0.2) is 14.2 Å². The van der Waals surface area contributed by atoms with Crippen molar-refractivity contribution in [3.63, 3.8) is 0 Å². The molecule has 0 spiro atoms. The zero-order chi connectivity index (χ0) is 23.8. The number of carbonyl (C=O) groups excluding carboxylic acids is 2. The van der Waals surface area contributed by atoms with Crippen molar-refractivity contribution in [3.8, 4) is 5.75 Å². The molecule has 2 aromatic carbocycles. The Labute approximate surface area is 193 Å². The van der Waals surface area contributed by atoms with Crippen LogP contribution in [0.2, 0.25) is 0 Å². The Kier molecular flexibility index (Phi) is 8.37. The van der Waals surface area contributed by atoms with Crippen molar-refractivity contribution >= 4 is 17.6 Å². The zero-order valence-electron chi connectivity index (χ0n) is 19.1. The first-order chi connectivity index (χ1) is 16.0. The van der Waals surface area contributed by atoms with Gasteiger partial charge in [0.1, 0.15) is 18.1 Å². The van der Waals surface area contributed by atoms with Gasteiger partial charge in [0, 0.05) is 32.2 Å². The lowest BCUT2D eigenvalue weighted by Crippen LogP contribution is -2.47. The molecule has 1 aliphatic heterocycles. The van der Waals surface area contributed by atoms with E-state index in [4.69, 9.17) is 9.47 Å². The summed E-state index contributed by atoms with van der Waals surface area (Å²) in [5.74, 6) is -0.0839. The summed E-state index contributed by atoms with van der Waals surface area (Å²) in [6.07, 6.45) is 0.345. The van der Waals surface area contributed by atoms with Gasteiger partial charge in [0.05, 0.1) is 25.5 Å². The second-order valence-electron chi connectivity index (χ2n) is 7.51. The smallest absolute Gasteiger partial charge is 0.317 e. The first kappa shape index (κ1) is 24.2. The summed E-state index contributed by atoms with van der Waals surface area (Å²) < 4.78 is 24.8. The molecule has 0 aliphatic carbocycles. The Bertz CT molecular complexity index is 996. The molecule has 1 aliphatic rings. The van der Waals surface area contributed by atoms with Gasteiger partial charge in [-0.3, -0.25) is 4.79 Å². The molecule has 2 aromatic rings. The van der Waals surface area contributed by atoms with Crippen molar-refractivity contribution in [3.05, 3.63) is 65.5 Å². The van der Waals surface area contributed by atoms with E-state index in [2.05, 4.69) is 10.4 Å². The molecule has 0 saturated carbocycles. The van der Waals surface area contributed by atoms with Crippen LogP contribution in [0.5, 0.6) is 5.75 Å². The highest BCUT2D eigenvalue weighted by atomic mass is 19.1. The van der Waals surface area contributed by atoms with Gasteiger partial charge in [0.2, 0.25) is 0 Å². The van der Waals surface area contributed by atoms with Crippen LogP contribution in [0.3, 0.4) is 0 Å². The van der Waals surface area contributed by atoms with E-state index in [0.29, 0.717) is 30.0 Å². The predicted molar refractivity (Wildman–Crippen MR) is 123 cm³/mol. The lowest BCUT2D eigenvalue weighted by Gasteiger charge is -2.27. The Balaban J connectivity index is 1.90. The summed E-state index contributed by atoms with van der Waals surface area (Å²) in [6, 6.07) is 12.9. The number of carbonyl (C=O) groups is 2. The zero-order valence-corrected chi connectivity index (χ0v) is 19.1. The molecule has 0 aromatic heterocycles. The summed E-state index contributed by atoms with van der Waals surface area (Å²) in [7, 11) is 3.11. The molecule has 0 radical (unpaired) electrons. The quantitative estimate of drug-likeness (QED) is 0.628.